The molecule has 0 spiro atoms. The monoisotopic (exact) mass is 372 g/mol. The maximum absolute atomic E-state index is 5.32. The zero-order valence-corrected chi connectivity index (χ0v) is 16.6. The van der Waals surface area contributed by atoms with Crippen molar-refractivity contribution in [3.05, 3.63) is 46.8 Å². The van der Waals surface area contributed by atoms with Crippen LogP contribution in [0.1, 0.15) is 24.0 Å². The van der Waals surface area contributed by atoms with Gasteiger partial charge < -0.3 is 20.3 Å². The summed E-state index contributed by atoms with van der Waals surface area (Å²) < 4.78 is 5.32. The number of ether oxygens (including phenoxy) is 1. The molecule has 1 fully saturated rings. The van der Waals surface area contributed by atoms with E-state index < -0.39 is 0 Å². The lowest BCUT2D eigenvalue weighted by Gasteiger charge is -2.33. The Morgan fingerprint density at radius 1 is 1.31 bits per heavy atom. The van der Waals surface area contributed by atoms with Gasteiger partial charge in [-0.1, -0.05) is 12.1 Å². The number of nitrogens with zero attached hydrogens (tertiary/aromatic N) is 2. The Kier molecular flexibility index (Phi) is 6.39. The number of hydrogen-bond acceptors (Lipinski definition) is 4. The molecule has 0 radical (unpaired) electrons. The molecule has 1 aliphatic heterocycles. The molecule has 26 heavy (non-hydrogen) atoms. The highest BCUT2D eigenvalue weighted by Gasteiger charge is 2.20. The molecule has 0 saturated carbocycles. The van der Waals surface area contributed by atoms with Crippen molar-refractivity contribution in [2.45, 2.75) is 32.4 Å². The highest BCUT2D eigenvalue weighted by atomic mass is 32.1. The van der Waals surface area contributed by atoms with Gasteiger partial charge in [-0.15, -0.1) is 11.3 Å². The molecular weight excluding hydrogens is 344 g/mol. The molecule has 2 N–H and O–H groups in total. The van der Waals surface area contributed by atoms with Crippen LogP contribution < -0.4 is 20.3 Å². The highest BCUT2D eigenvalue weighted by molar-refractivity contribution is 7.14. The lowest BCUT2D eigenvalue weighted by atomic mass is 10.1. The van der Waals surface area contributed by atoms with Gasteiger partial charge in [0.25, 0.3) is 0 Å². The second-order valence-corrected chi connectivity index (χ2v) is 7.51. The maximum atomic E-state index is 5.32. The van der Waals surface area contributed by atoms with Gasteiger partial charge in [0.2, 0.25) is 0 Å². The van der Waals surface area contributed by atoms with Gasteiger partial charge in [0.15, 0.2) is 5.96 Å². The minimum Gasteiger partial charge on any atom is -0.496 e. The SMILES string of the molecule is CN=C(NCc1ccc(OC)c(C)c1)NC1CCN(c2cccs2)CC1. The summed E-state index contributed by atoms with van der Waals surface area (Å²) in [7, 11) is 3.53. The van der Waals surface area contributed by atoms with E-state index in [0.29, 0.717) is 6.04 Å². The van der Waals surface area contributed by atoms with Crippen molar-refractivity contribution < 1.29 is 4.74 Å². The van der Waals surface area contributed by atoms with Gasteiger partial charge in [-0.25, -0.2) is 0 Å². The fourth-order valence-electron chi connectivity index (χ4n) is 3.32. The van der Waals surface area contributed by atoms with E-state index >= 15 is 0 Å². The number of aliphatic imine (C=N–C) groups is 1. The number of nitrogens with one attached hydrogen (secondary N) is 2. The van der Waals surface area contributed by atoms with Crippen LogP contribution in [0.2, 0.25) is 0 Å². The van der Waals surface area contributed by atoms with Crippen molar-refractivity contribution in [2.24, 2.45) is 4.99 Å². The average Bonchev–Trinajstić information content (AvgIpc) is 3.20. The Morgan fingerprint density at radius 2 is 2.12 bits per heavy atom. The fourth-order valence-corrected chi connectivity index (χ4v) is 4.10. The lowest BCUT2D eigenvalue weighted by molar-refractivity contribution is 0.411. The Hall–Kier alpha value is -2.21. The smallest absolute Gasteiger partial charge is 0.191 e. The van der Waals surface area contributed by atoms with Crippen LogP contribution in [0, 0.1) is 6.92 Å². The number of benzene rings is 1. The summed E-state index contributed by atoms with van der Waals surface area (Å²) in [5, 5.41) is 10.5. The van der Waals surface area contributed by atoms with Crippen LogP contribution in [0.25, 0.3) is 0 Å². The molecule has 5 nitrogen and oxygen atoms in total. The predicted molar refractivity (Wildman–Crippen MR) is 111 cm³/mol. The molecule has 1 aliphatic rings. The lowest BCUT2D eigenvalue weighted by Crippen LogP contribution is -2.48. The maximum Gasteiger partial charge on any atom is 0.191 e. The van der Waals surface area contributed by atoms with Gasteiger partial charge in [-0.2, -0.15) is 0 Å². The number of rotatable bonds is 5. The van der Waals surface area contributed by atoms with E-state index in [2.05, 4.69) is 57.1 Å². The Morgan fingerprint density at radius 3 is 2.73 bits per heavy atom. The first-order chi connectivity index (χ1) is 12.7. The van der Waals surface area contributed by atoms with Crippen molar-refractivity contribution >= 4 is 22.3 Å². The van der Waals surface area contributed by atoms with Crippen molar-refractivity contribution in [1.29, 1.82) is 0 Å². The van der Waals surface area contributed by atoms with Gasteiger partial charge in [0.1, 0.15) is 5.75 Å². The molecule has 6 heteroatoms. The van der Waals surface area contributed by atoms with Crippen LogP contribution in [-0.2, 0) is 6.54 Å². The molecule has 1 aromatic heterocycles. The number of piperidine rings is 1. The van der Waals surface area contributed by atoms with Crippen LogP contribution in [0.5, 0.6) is 5.75 Å². The summed E-state index contributed by atoms with van der Waals surface area (Å²) in [6.07, 6.45) is 2.25. The first-order valence-corrected chi connectivity index (χ1v) is 9.96. The predicted octanol–water partition coefficient (Wildman–Crippen LogP) is 3.40. The summed E-state index contributed by atoms with van der Waals surface area (Å²) >= 11 is 1.82. The fraction of sp³-hybridized carbons (Fsp3) is 0.450. The molecule has 0 atom stereocenters. The zero-order chi connectivity index (χ0) is 18.4. The standard InChI is InChI=1S/C20H28N4OS/c1-15-13-16(6-7-18(15)25-3)14-22-20(21-2)23-17-8-10-24(11-9-17)19-5-4-12-26-19/h4-7,12-13,17H,8-11,14H2,1-3H3,(H2,21,22,23). The Balaban J connectivity index is 1.47. The molecule has 2 aromatic rings. The van der Waals surface area contributed by atoms with Gasteiger partial charge in [-0.05, 0) is 54.5 Å². The molecule has 0 unspecified atom stereocenters. The average molecular weight is 373 g/mol. The van der Waals surface area contributed by atoms with E-state index in [1.165, 1.54) is 10.6 Å². The third kappa shape index (κ3) is 4.69. The summed E-state index contributed by atoms with van der Waals surface area (Å²) in [5.74, 6) is 1.79. The number of aryl methyl sites for hydroxylation is 1. The van der Waals surface area contributed by atoms with E-state index in [1.54, 1.807) is 7.11 Å². The number of thiophene rings is 1. The number of hydrogen-bond donors (Lipinski definition) is 2. The Bertz CT molecular complexity index is 721. The third-order valence-electron chi connectivity index (χ3n) is 4.80. The van der Waals surface area contributed by atoms with Crippen molar-refractivity contribution in [2.75, 3.05) is 32.1 Å². The van der Waals surface area contributed by atoms with E-state index in [4.69, 9.17) is 4.74 Å². The van der Waals surface area contributed by atoms with Crippen molar-refractivity contribution in [3.63, 3.8) is 0 Å². The molecule has 3 rings (SSSR count). The van der Waals surface area contributed by atoms with E-state index in [1.807, 2.05) is 24.5 Å². The minimum absolute atomic E-state index is 0.468. The third-order valence-corrected chi connectivity index (χ3v) is 5.73. The molecule has 0 amide bonds. The summed E-state index contributed by atoms with van der Waals surface area (Å²) in [4.78, 5) is 6.85. The van der Waals surface area contributed by atoms with Crippen LogP contribution in [0.3, 0.4) is 0 Å². The van der Waals surface area contributed by atoms with Gasteiger partial charge >= 0.3 is 0 Å². The number of methoxy groups -OCH3 is 1. The zero-order valence-electron chi connectivity index (χ0n) is 15.8. The molecule has 0 aliphatic carbocycles. The van der Waals surface area contributed by atoms with Gasteiger partial charge in [0, 0.05) is 32.7 Å². The van der Waals surface area contributed by atoms with Crippen molar-refractivity contribution in [1.82, 2.24) is 10.6 Å². The quantitative estimate of drug-likeness (QED) is 0.624. The minimum atomic E-state index is 0.468. The molecular formula is C20H28N4OS. The topological polar surface area (TPSA) is 48.9 Å². The van der Waals surface area contributed by atoms with Crippen LogP contribution in [0.4, 0.5) is 5.00 Å². The summed E-state index contributed by atoms with van der Waals surface area (Å²) in [5.41, 5.74) is 2.37. The summed E-state index contributed by atoms with van der Waals surface area (Å²) in [6, 6.07) is 11.1. The molecule has 140 valence electrons. The van der Waals surface area contributed by atoms with Crippen LogP contribution in [-0.4, -0.2) is 39.2 Å². The van der Waals surface area contributed by atoms with Crippen LogP contribution >= 0.6 is 11.3 Å². The molecule has 2 heterocycles. The highest BCUT2D eigenvalue weighted by Crippen LogP contribution is 2.24. The number of guanidine groups is 1. The second kappa shape index (κ2) is 8.94. The molecule has 1 saturated heterocycles. The Labute approximate surface area is 160 Å². The van der Waals surface area contributed by atoms with E-state index in [0.717, 1.165) is 49.7 Å². The second-order valence-electron chi connectivity index (χ2n) is 6.59. The first-order valence-electron chi connectivity index (χ1n) is 9.08. The molecule has 1 aromatic carbocycles. The van der Waals surface area contributed by atoms with Crippen LogP contribution in [0.15, 0.2) is 40.7 Å². The molecule has 0 bridgehead atoms. The normalized spacial score (nSPS) is 15.8. The van der Waals surface area contributed by atoms with E-state index in [-0.39, 0.29) is 0 Å². The van der Waals surface area contributed by atoms with E-state index in [9.17, 15) is 0 Å². The summed E-state index contributed by atoms with van der Waals surface area (Å²) in [6.45, 7) is 5.00. The van der Waals surface area contributed by atoms with Gasteiger partial charge in [0.05, 0.1) is 12.1 Å². The van der Waals surface area contributed by atoms with Crippen molar-refractivity contribution in [3.8, 4) is 5.75 Å². The first kappa shape index (κ1) is 18.6. The number of anilines is 1. The largest absolute Gasteiger partial charge is 0.496 e. The van der Waals surface area contributed by atoms with Gasteiger partial charge in [-0.3, -0.25) is 4.99 Å².